The first-order valence-electron chi connectivity index (χ1n) is 5.98. The van der Waals surface area contributed by atoms with Gasteiger partial charge in [0.05, 0.1) is 5.69 Å². The van der Waals surface area contributed by atoms with Gasteiger partial charge in [-0.25, -0.2) is 17.9 Å². The quantitative estimate of drug-likeness (QED) is 0.909. The molecule has 0 saturated heterocycles. The third-order valence-corrected chi connectivity index (χ3v) is 3.78. The zero-order chi connectivity index (χ0) is 15.6. The summed E-state index contributed by atoms with van der Waals surface area (Å²) in [5.41, 5.74) is 1.11. The van der Waals surface area contributed by atoms with E-state index in [0.717, 1.165) is 23.8 Å². The van der Waals surface area contributed by atoms with Gasteiger partial charge in [-0.05, 0) is 37.3 Å². The summed E-state index contributed by atoms with van der Waals surface area (Å²) in [6.45, 7) is 1.87. The standard InChI is InChI=1S/C14H13FN2O3S/c1-9-2-4-10(5-3-9)14(18)17-12-8-11(15)6-7-13(12)21(16,19)20/h2-8H,1H3,(H,17,18)(H2,16,19,20). The topological polar surface area (TPSA) is 89.3 Å². The van der Waals surface area contributed by atoms with Crippen LogP contribution in [0.1, 0.15) is 15.9 Å². The molecule has 3 N–H and O–H groups in total. The fraction of sp³-hybridized carbons (Fsp3) is 0.0714. The lowest BCUT2D eigenvalue weighted by Gasteiger charge is -2.10. The summed E-state index contributed by atoms with van der Waals surface area (Å²) in [7, 11) is -4.07. The molecule has 0 bridgehead atoms. The summed E-state index contributed by atoms with van der Waals surface area (Å²) in [4.78, 5) is 11.7. The van der Waals surface area contributed by atoms with Gasteiger partial charge >= 0.3 is 0 Å². The molecule has 0 heterocycles. The number of anilines is 1. The van der Waals surface area contributed by atoms with Crippen LogP contribution in [0.15, 0.2) is 47.4 Å². The van der Waals surface area contributed by atoms with Crippen LogP contribution in [-0.2, 0) is 10.0 Å². The lowest BCUT2D eigenvalue weighted by molar-refractivity contribution is 0.102. The van der Waals surface area contributed by atoms with E-state index in [1.54, 1.807) is 24.3 Å². The number of nitrogens with two attached hydrogens (primary N) is 1. The van der Waals surface area contributed by atoms with Gasteiger partial charge in [0.1, 0.15) is 10.7 Å². The summed E-state index contributed by atoms with van der Waals surface area (Å²) >= 11 is 0. The van der Waals surface area contributed by atoms with Gasteiger partial charge in [-0.3, -0.25) is 4.79 Å². The Morgan fingerprint density at radius 2 is 1.76 bits per heavy atom. The second kappa shape index (κ2) is 5.63. The average Bonchev–Trinajstić information content (AvgIpc) is 2.38. The van der Waals surface area contributed by atoms with Crippen molar-refractivity contribution in [2.45, 2.75) is 11.8 Å². The van der Waals surface area contributed by atoms with Crippen LogP contribution in [0.5, 0.6) is 0 Å². The number of amides is 1. The number of hydrogen-bond acceptors (Lipinski definition) is 3. The predicted octanol–water partition coefficient (Wildman–Crippen LogP) is 2.03. The zero-order valence-corrected chi connectivity index (χ0v) is 11.9. The molecule has 21 heavy (non-hydrogen) atoms. The van der Waals surface area contributed by atoms with Gasteiger partial charge in [0.25, 0.3) is 5.91 Å². The molecular weight excluding hydrogens is 295 g/mol. The van der Waals surface area contributed by atoms with Crippen LogP contribution in [-0.4, -0.2) is 14.3 Å². The van der Waals surface area contributed by atoms with Gasteiger partial charge < -0.3 is 5.32 Å². The largest absolute Gasteiger partial charge is 0.321 e. The molecule has 0 aliphatic heterocycles. The molecule has 5 nitrogen and oxygen atoms in total. The lowest BCUT2D eigenvalue weighted by atomic mass is 10.1. The second-order valence-corrected chi connectivity index (χ2v) is 6.04. The van der Waals surface area contributed by atoms with E-state index in [1.165, 1.54) is 0 Å². The molecule has 0 fully saturated rings. The van der Waals surface area contributed by atoms with Crippen molar-refractivity contribution in [2.75, 3.05) is 5.32 Å². The number of carbonyl (C=O) groups is 1. The van der Waals surface area contributed by atoms with Crippen molar-refractivity contribution in [1.29, 1.82) is 0 Å². The van der Waals surface area contributed by atoms with E-state index < -0.39 is 21.7 Å². The Morgan fingerprint density at radius 3 is 2.33 bits per heavy atom. The lowest BCUT2D eigenvalue weighted by Crippen LogP contribution is -2.18. The number of hydrogen-bond donors (Lipinski definition) is 2. The Balaban J connectivity index is 2.37. The van der Waals surface area contributed by atoms with Gasteiger partial charge in [-0.1, -0.05) is 17.7 Å². The highest BCUT2D eigenvalue weighted by atomic mass is 32.2. The molecule has 1 amide bonds. The van der Waals surface area contributed by atoms with Crippen LogP contribution in [0.2, 0.25) is 0 Å². The minimum absolute atomic E-state index is 0.192. The van der Waals surface area contributed by atoms with E-state index in [9.17, 15) is 17.6 Å². The van der Waals surface area contributed by atoms with E-state index in [0.29, 0.717) is 5.56 Å². The van der Waals surface area contributed by atoms with Crippen LogP contribution in [0.25, 0.3) is 0 Å². The van der Waals surface area contributed by atoms with Gasteiger partial charge in [0.2, 0.25) is 10.0 Å². The van der Waals surface area contributed by atoms with Gasteiger partial charge in [0, 0.05) is 5.56 Å². The molecule has 7 heteroatoms. The van der Waals surface area contributed by atoms with Gasteiger partial charge in [0.15, 0.2) is 0 Å². The maximum absolute atomic E-state index is 13.3. The Kier molecular flexibility index (Phi) is 4.06. The number of benzene rings is 2. The molecule has 2 aromatic rings. The molecule has 0 atom stereocenters. The second-order valence-electron chi connectivity index (χ2n) is 4.51. The maximum Gasteiger partial charge on any atom is 0.255 e. The van der Waals surface area contributed by atoms with E-state index in [-0.39, 0.29) is 10.6 Å². The number of rotatable bonds is 3. The molecule has 0 radical (unpaired) electrons. The highest BCUT2D eigenvalue weighted by Gasteiger charge is 2.17. The monoisotopic (exact) mass is 308 g/mol. The number of carbonyl (C=O) groups excluding carboxylic acids is 1. The van der Waals surface area contributed by atoms with Crippen molar-refractivity contribution >= 4 is 21.6 Å². The average molecular weight is 308 g/mol. The fourth-order valence-corrected chi connectivity index (χ4v) is 2.42. The van der Waals surface area contributed by atoms with Crippen LogP contribution < -0.4 is 10.5 Å². The van der Waals surface area contributed by atoms with Crippen molar-refractivity contribution in [1.82, 2.24) is 0 Å². The van der Waals surface area contributed by atoms with Crippen molar-refractivity contribution in [2.24, 2.45) is 5.14 Å². The summed E-state index contributed by atoms with van der Waals surface area (Å²) in [5, 5.41) is 7.40. The van der Waals surface area contributed by atoms with Crippen LogP contribution in [0, 0.1) is 12.7 Å². The first-order chi connectivity index (χ1) is 9.77. The third-order valence-electron chi connectivity index (χ3n) is 2.81. The molecule has 0 unspecified atom stereocenters. The fourth-order valence-electron chi connectivity index (χ4n) is 1.75. The van der Waals surface area contributed by atoms with Crippen LogP contribution in [0.3, 0.4) is 0 Å². The molecule has 0 saturated carbocycles. The van der Waals surface area contributed by atoms with Gasteiger partial charge in [-0.2, -0.15) is 0 Å². The number of halogens is 1. The molecule has 0 aliphatic carbocycles. The SMILES string of the molecule is Cc1ccc(C(=O)Nc2cc(F)ccc2S(N)(=O)=O)cc1. The highest BCUT2D eigenvalue weighted by molar-refractivity contribution is 7.89. The van der Waals surface area contributed by atoms with Crippen molar-refractivity contribution in [3.05, 3.63) is 59.4 Å². The first kappa shape index (κ1) is 15.1. The number of nitrogens with one attached hydrogen (secondary N) is 1. The normalized spacial score (nSPS) is 11.2. The molecule has 2 aromatic carbocycles. The number of sulfonamides is 1. The summed E-state index contributed by atoms with van der Waals surface area (Å²) < 4.78 is 36.1. The van der Waals surface area contributed by atoms with E-state index in [1.807, 2.05) is 6.92 Å². The Hall–Kier alpha value is -2.25. The Bertz CT molecular complexity index is 786. The Morgan fingerprint density at radius 1 is 1.14 bits per heavy atom. The zero-order valence-electron chi connectivity index (χ0n) is 11.1. The van der Waals surface area contributed by atoms with Crippen molar-refractivity contribution < 1.29 is 17.6 Å². The van der Waals surface area contributed by atoms with Crippen LogP contribution >= 0.6 is 0 Å². The number of aryl methyl sites for hydroxylation is 1. The third kappa shape index (κ3) is 3.65. The minimum atomic E-state index is -4.07. The smallest absolute Gasteiger partial charge is 0.255 e. The minimum Gasteiger partial charge on any atom is -0.321 e. The summed E-state index contributed by atoms with van der Waals surface area (Å²) in [6.07, 6.45) is 0. The van der Waals surface area contributed by atoms with E-state index >= 15 is 0 Å². The molecule has 0 aromatic heterocycles. The number of primary sulfonamides is 1. The van der Waals surface area contributed by atoms with E-state index in [2.05, 4.69) is 5.32 Å². The highest BCUT2D eigenvalue weighted by Crippen LogP contribution is 2.22. The van der Waals surface area contributed by atoms with Crippen molar-refractivity contribution in [3.8, 4) is 0 Å². The summed E-state index contributed by atoms with van der Waals surface area (Å²) in [5.74, 6) is -1.23. The first-order valence-corrected chi connectivity index (χ1v) is 7.52. The predicted molar refractivity (Wildman–Crippen MR) is 76.9 cm³/mol. The molecule has 0 spiro atoms. The Labute approximate surface area is 121 Å². The van der Waals surface area contributed by atoms with E-state index in [4.69, 9.17) is 5.14 Å². The van der Waals surface area contributed by atoms with Crippen molar-refractivity contribution in [3.63, 3.8) is 0 Å². The molecule has 0 aliphatic rings. The van der Waals surface area contributed by atoms with Crippen LogP contribution in [0.4, 0.5) is 10.1 Å². The molecule has 2 rings (SSSR count). The maximum atomic E-state index is 13.3. The molecule has 110 valence electrons. The molecular formula is C14H13FN2O3S. The van der Waals surface area contributed by atoms with Gasteiger partial charge in [-0.15, -0.1) is 0 Å². The summed E-state index contributed by atoms with van der Waals surface area (Å²) in [6, 6.07) is 9.52.